The van der Waals surface area contributed by atoms with Crippen molar-refractivity contribution in [3.63, 3.8) is 0 Å². The first-order chi connectivity index (χ1) is 10.1. The van der Waals surface area contributed by atoms with Crippen LogP contribution in [0.5, 0.6) is 0 Å². The Labute approximate surface area is 133 Å². The van der Waals surface area contributed by atoms with Crippen molar-refractivity contribution in [1.29, 1.82) is 0 Å². The largest absolute Gasteiger partial charge is 0.336 e. The van der Waals surface area contributed by atoms with E-state index in [9.17, 15) is 4.39 Å². The monoisotopic (exact) mass is 343 g/mol. The van der Waals surface area contributed by atoms with Crippen LogP contribution >= 0.6 is 34.8 Å². The van der Waals surface area contributed by atoms with Gasteiger partial charge in [-0.25, -0.2) is 24.3 Å². The van der Waals surface area contributed by atoms with E-state index in [-0.39, 0.29) is 26.8 Å². The first-order valence-electron chi connectivity index (χ1n) is 5.60. The average Bonchev–Trinajstić information content (AvgIpc) is 2.48. The van der Waals surface area contributed by atoms with E-state index in [2.05, 4.69) is 25.3 Å². The number of rotatable bonds is 2. The summed E-state index contributed by atoms with van der Waals surface area (Å²) in [6.45, 7) is 0. The van der Waals surface area contributed by atoms with Gasteiger partial charge in [0.05, 0.1) is 21.9 Å². The van der Waals surface area contributed by atoms with Gasteiger partial charge in [-0.05, 0) is 23.7 Å². The molecular formula is C12H5Cl3FN5. The molecule has 2 heterocycles. The summed E-state index contributed by atoms with van der Waals surface area (Å²) >= 11 is 17.3. The standard InChI is InChI=1S/C12H5Cl3FN5/c13-5-1-2-6(9(16)8(5)14)20-11-10-7(18-4-19-11)3-17-12(15)21-10/h1-4H,(H,18,19,20). The quantitative estimate of drug-likeness (QED) is 0.556. The second kappa shape index (κ2) is 5.55. The Balaban J connectivity index is 2.10. The topological polar surface area (TPSA) is 63.6 Å². The van der Waals surface area contributed by atoms with Crippen molar-refractivity contribution in [2.24, 2.45) is 0 Å². The van der Waals surface area contributed by atoms with Crippen LogP contribution in [0.1, 0.15) is 0 Å². The van der Waals surface area contributed by atoms with Gasteiger partial charge in [-0.1, -0.05) is 23.2 Å². The maximum absolute atomic E-state index is 14.0. The highest BCUT2D eigenvalue weighted by molar-refractivity contribution is 6.42. The predicted molar refractivity (Wildman–Crippen MR) is 79.8 cm³/mol. The van der Waals surface area contributed by atoms with Gasteiger partial charge >= 0.3 is 0 Å². The molecule has 106 valence electrons. The Hall–Kier alpha value is -1.76. The fourth-order valence-corrected chi connectivity index (χ4v) is 2.12. The molecule has 5 nitrogen and oxygen atoms in total. The molecule has 3 aromatic rings. The van der Waals surface area contributed by atoms with Crippen LogP contribution in [0.4, 0.5) is 15.9 Å². The molecule has 0 aliphatic carbocycles. The smallest absolute Gasteiger partial charge is 0.223 e. The number of fused-ring (bicyclic) bond motifs is 1. The second-order valence-electron chi connectivity index (χ2n) is 3.94. The molecule has 21 heavy (non-hydrogen) atoms. The third kappa shape index (κ3) is 2.70. The Morgan fingerprint density at radius 1 is 1.05 bits per heavy atom. The van der Waals surface area contributed by atoms with Gasteiger partial charge in [0.2, 0.25) is 5.28 Å². The van der Waals surface area contributed by atoms with Gasteiger partial charge in [0, 0.05) is 0 Å². The molecule has 1 N–H and O–H groups in total. The number of anilines is 2. The highest BCUT2D eigenvalue weighted by atomic mass is 35.5. The van der Waals surface area contributed by atoms with E-state index in [0.717, 1.165) is 0 Å². The third-order valence-corrected chi connectivity index (χ3v) is 3.60. The van der Waals surface area contributed by atoms with Crippen molar-refractivity contribution in [3.8, 4) is 0 Å². The van der Waals surface area contributed by atoms with Crippen LogP contribution in [0.3, 0.4) is 0 Å². The Bertz CT molecular complexity index is 842. The van der Waals surface area contributed by atoms with Crippen LogP contribution in [0, 0.1) is 5.82 Å². The summed E-state index contributed by atoms with van der Waals surface area (Å²) in [5.41, 5.74) is 0.944. The average molecular weight is 345 g/mol. The number of halogens is 4. The van der Waals surface area contributed by atoms with Crippen LogP contribution in [-0.2, 0) is 0 Å². The molecular weight excluding hydrogens is 340 g/mol. The molecule has 0 saturated heterocycles. The normalized spacial score (nSPS) is 10.9. The number of aromatic nitrogens is 4. The van der Waals surface area contributed by atoms with Gasteiger partial charge in [0.15, 0.2) is 11.6 Å². The lowest BCUT2D eigenvalue weighted by molar-refractivity contribution is 0.632. The lowest BCUT2D eigenvalue weighted by Gasteiger charge is -2.09. The maximum atomic E-state index is 14.0. The van der Waals surface area contributed by atoms with Crippen LogP contribution in [0.15, 0.2) is 24.7 Å². The fraction of sp³-hybridized carbons (Fsp3) is 0. The second-order valence-corrected chi connectivity index (χ2v) is 5.07. The molecule has 0 saturated carbocycles. The molecule has 0 atom stereocenters. The predicted octanol–water partition coefficient (Wildman–Crippen LogP) is 4.26. The number of benzene rings is 1. The van der Waals surface area contributed by atoms with Crippen LogP contribution in [0.2, 0.25) is 15.3 Å². The SMILES string of the molecule is Fc1c(Nc2ncnc3cnc(Cl)nc23)ccc(Cl)c1Cl. The zero-order valence-electron chi connectivity index (χ0n) is 10.1. The highest BCUT2D eigenvalue weighted by Gasteiger charge is 2.13. The summed E-state index contributed by atoms with van der Waals surface area (Å²) in [5.74, 6) is -0.405. The summed E-state index contributed by atoms with van der Waals surface area (Å²) in [6, 6.07) is 2.92. The molecule has 1 aromatic carbocycles. The van der Waals surface area contributed by atoms with Gasteiger partial charge in [-0.2, -0.15) is 0 Å². The lowest BCUT2D eigenvalue weighted by atomic mass is 10.3. The molecule has 0 amide bonds. The van der Waals surface area contributed by atoms with E-state index in [1.807, 2.05) is 0 Å². The van der Waals surface area contributed by atoms with Crippen molar-refractivity contribution in [3.05, 3.63) is 45.8 Å². The highest BCUT2D eigenvalue weighted by Crippen LogP contribution is 2.32. The van der Waals surface area contributed by atoms with Crippen molar-refractivity contribution >= 4 is 57.3 Å². The Kier molecular flexibility index (Phi) is 3.75. The van der Waals surface area contributed by atoms with E-state index < -0.39 is 5.82 Å². The van der Waals surface area contributed by atoms with Gasteiger partial charge in [0.25, 0.3) is 0 Å². The minimum absolute atomic E-state index is 0.0370. The molecule has 0 aliphatic rings. The number of nitrogens with zero attached hydrogens (tertiary/aromatic N) is 4. The molecule has 3 rings (SSSR count). The van der Waals surface area contributed by atoms with Gasteiger partial charge < -0.3 is 5.32 Å². The van der Waals surface area contributed by atoms with E-state index in [4.69, 9.17) is 34.8 Å². The van der Waals surface area contributed by atoms with Crippen LogP contribution < -0.4 is 5.32 Å². The van der Waals surface area contributed by atoms with E-state index in [1.54, 1.807) is 0 Å². The maximum Gasteiger partial charge on any atom is 0.223 e. The first-order valence-corrected chi connectivity index (χ1v) is 6.73. The van der Waals surface area contributed by atoms with Gasteiger partial charge in [0.1, 0.15) is 17.4 Å². The zero-order chi connectivity index (χ0) is 15.0. The number of hydrogen-bond acceptors (Lipinski definition) is 5. The van der Waals surface area contributed by atoms with Crippen molar-refractivity contribution in [2.45, 2.75) is 0 Å². The molecule has 2 aromatic heterocycles. The molecule has 0 aliphatic heterocycles. The Morgan fingerprint density at radius 2 is 1.86 bits per heavy atom. The van der Waals surface area contributed by atoms with Gasteiger partial charge in [-0.3, -0.25) is 0 Å². The van der Waals surface area contributed by atoms with E-state index in [1.165, 1.54) is 24.7 Å². The summed E-state index contributed by atoms with van der Waals surface area (Å²) in [4.78, 5) is 15.9. The zero-order valence-corrected chi connectivity index (χ0v) is 12.4. The van der Waals surface area contributed by atoms with E-state index in [0.29, 0.717) is 11.0 Å². The lowest BCUT2D eigenvalue weighted by Crippen LogP contribution is -2.00. The molecule has 0 unspecified atom stereocenters. The van der Waals surface area contributed by atoms with Crippen molar-refractivity contribution in [2.75, 3.05) is 5.32 Å². The minimum Gasteiger partial charge on any atom is -0.336 e. The first kappa shape index (κ1) is 14.2. The van der Waals surface area contributed by atoms with Crippen LogP contribution in [0.25, 0.3) is 11.0 Å². The minimum atomic E-state index is -0.684. The summed E-state index contributed by atoms with van der Waals surface area (Å²) in [6.07, 6.45) is 2.75. The molecule has 0 spiro atoms. The molecule has 0 radical (unpaired) electrons. The van der Waals surface area contributed by atoms with E-state index >= 15 is 0 Å². The van der Waals surface area contributed by atoms with Gasteiger partial charge in [-0.15, -0.1) is 0 Å². The van der Waals surface area contributed by atoms with Crippen molar-refractivity contribution < 1.29 is 4.39 Å². The molecule has 0 fully saturated rings. The third-order valence-electron chi connectivity index (χ3n) is 2.64. The fourth-order valence-electron chi connectivity index (χ4n) is 1.67. The summed E-state index contributed by atoms with van der Waals surface area (Å²) in [7, 11) is 0. The van der Waals surface area contributed by atoms with Crippen molar-refractivity contribution in [1.82, 2.24) is 19.9 Å². The van der Waals surface area contributed by atoms with Crippen LogP contribution in [-0.4, -0.2) is 19.9 Å². The number of hydrogen-bond donors (Lipinski definition) is 1. The Morgan fingerprint density at radius 3 is 2.67 bits per heavy atom. The molecule has 0 bridgehead atoms. The summed E-state index contributed by atoms with van der Waals surface area (Å²) < 4.78 is 14.0. The number of nitrogens with one attached hydrogen (secondary N) is 1. The summed E-state index contributed by atoms with van der Waals surface area (Å²) in [5, 5.41) is 2.78. The molecule has 9 heteroatoms.